The topological polar surface area (TPSA) is 48.1 Å². The third-order valence-electron chi connectivity index (χ3n) is 1.44. The van der Waals surface area contributed by atoms with E-state index in [4.69, 9.17) is 10.5 Å². The molecule has 0 radical (unpaired) electrons. The van der Waals surface area contributed by atoms with Gasteiger partial charge in [-0.05, 0) is 13.0 Å². The lowest BCUT2D eigenvalue weighted by Crippen LogP contribution is -1.98. The SMILES string of the molecule is C=Cc1ccc(OCC)nc1N. The summed E-state index contributed by atoms with van der Waals surface area (Å²) < 4.78 is 5.16. The van der Waals surface area contributed by atoms with Crippen molar-refractivity contribution in [3.8, 4) is 5.88 Å². The summed E-state index contributed by atoms with van der Waals surface area (Å²) in [6.07, 6.45) is 1.66. The summed E-state index contributed by atoms with van der Waals surface area (Å²) in [6, 6.07) is 3.61. The fourth-order valence-electron chi connectivity index (χ4n) is 0.868. The smallest absolute Gasteiger partial charge is 0.215 e. The van der Waals surface area contributed by atoms with Gasteiger partial charge in [0.2, 0.25) is 5.88 Å². The molecule has 12 heavy (non-hydrogen) atoms. The Balaban J connectivity index is 2.93. The zero-order valence-corrected chi connectivity index (χ0v) is 7.08. The van der Waals surface area contributed by atoms with E-state index in [0.29, 0.717) is 18.3 Å². The minimum Gasteiger partial charge on any atom is -0.478 e. The second kappa shape index (κ2) is 3.76. The quantitative estimate of drug-likeness (QED) is 0.739. The monoisotopic (exact) mass is 164 g/mol. The first-order valence-electron chi connectivity index (χ1n) is 3.79. The summed E-state index contributed by atoms with van der Waals surface area (Å²) in [4.78, 5) is 4.02. The molecule has 0 aliphatic carbocycles. The minimum absolute atomic E-state index is 0.455. The van der Waals surface area contributed by atoms with Crippen LogP contribution in [0, 0.1) is 0 Å². The van der Waals surface area contributed by atoms with Gasteiger partial charge in [-0.1, -0.05) is 12.7 Å². The summed E-state index contributed by atoms with van der Waals surface area (Å²) in [5, 5.41) is 0. The average Bonchev–Trinajstić information content (AvgIpc) is 2.05. The third kappa shape index (κ3) is 1.75. The molecule has 0 fully saturated rings. The molecule has 0 spiro atoms. The number of nitrogens with two attached hydrogens (primary N) is 1. The molecule has 1 aromatic heterocycles. The highest BCUT2D eigenvalue weighted by Gasteiger charge is 1.98. The van der Waals surface area contributed by atoms with Crippen LogP contribution in [-0.2, 0) is 0 Å². The van der Waals surface area contributed by atoms with Gasteiger partial charge in [0.1, 0.15) is 5.82 Å². The van der Waals surface area contributed by atoms with Crippen LogP contribution in [0.3, 0.4) is 0 Å². The maximum atomic E-state index is 5.60. The first kappa shape index (κ1) is 8.59. The van der Waals surface area contributed by atoms with Gasteiger partial charge in [-0.3, -0.25) is 0 Å². The molecule has 0 aliphatic rings. The molecule has 0 amide bonds. The van der Waals surface area contributed by atoms with Crippen LogP contribution < -0.4 is 10.5 Å². The van der Waals surface area contributed by atoms with E-state index in [1.165, 1.54) is 0 Å². The zero-order chi connectivity index (χ0) is 8.97. The molecule has 3 nitrogen and oxygen atoms in total. The van der Waals surface area contributed by atoms with E-state index < -0.39 is 0 Å². The number of hydrogen-bond acceptors (Lipinski definition) is 3. The van der Waals surface area contributed by atoms with E-state index in [1.54, 1.807) is 12.1 Å². The van der Waals surface area contributed by atoms with Crippen molar-refractivity contribution >= 4 is 11.9 Å². The molecule has 0 saturated heterocycles. The standard InChI is InChI=1S/C9H12N2O/c1-3-7-5-6-8(12-4-2)11-9(7)10/h3,5-6H,1,4H2,2H3,(H2,10,11). The number of aromatic nitrogens is 1. The molecule has 64 valence electrons. The summed E-state index contributed by atoms with van der Waals surface area (Å²) in [6.45, 7) is 6.11. The van der Waals surface area contributed by atoms with E-state index in [9.17, 15) is 0 Å². The lowest BCUT2D eigenvalue weighted by atomic mass is 10.2. The lowest BCUT2D eigenvalue weighted by Gasteiger charge is -2.03. The van der Waals surface area contributed by atoms with Gasteiger partial charge in [-0.15, -0.1) is 0 Å². The predicted molar refractivity (Wildman–Crippen MR) is 49.9 cm³/mol. The largest absolute Gasteiger partial charge is 0.478 e. The van der Waals surface area contributed by atoms with E-state index in [0.717, 1.165) is 5.56 Å². The van der Waals surface area contributed by atoms with Gasteiger partial charge in [-0.25, -0.2) is 0 Å². The fraction of sp³-hybridized carbons (Fsp3) is 0.222. The molecule has 0 atom stereocenters. The van der Waals surface area contributed by atoms with Gasteiger partial charge >= 0.3 is 0 Å². The van der Waals surface area contributed by atoms with E-state index in [-0.39, 0.29) is 0 Å². The highest BCUT2D eigenvalue weighted by atomic mass is 16.5. The molecule has 0 saturated carbocycles. The molecule has 0 aliphatic heterocycles. The predicted octanol–water partition coefficient (Wildman–Crippen LogP) is 1.71. The first-order chi connectivity index (χ1) is 5.77. The average molecular weight is 164 g/mol. The summed E-state index contributed by atoms with van der Waals surface area (Å²) in [5.41, 5.74) is 6.43. The molecule has 1 heterocycles. The number of pyridine rings is 1. The molecule has 1 rings (SSSR count). The van der Waals surface area contributed by atoms with Crippen LogP contribution in [0.4, 0.5) is 5.82 Å². The number of nitrogens with zero attached hydrogens (tertiary/aromatic N) is 1. The van der Waals surface area contributed by atoms with Gasteiger partial charge in [0.15, 0.2) is 0 Å². The lowest BCUT2D eigenvalue weighted by molar-refractivity contribution is 0.327. The Labute approximate surface area is 71.9 Å². The number of rotatable bonds is 3. The Morgan fingerprint density at radius 1 is 1.67 bits per heavy atom. The Morgan fingerprint density at radius 2 is 2.42 bits per heavy atom. The highest BCUT2D eigenvalue weighted by molar-refractivity contribution is 5.60. The Hall–Kier alpha value is -1.51. The van der Waals surface area contributed by atoms with Crippen LogP contribution in [0.15, 0.2) is 18.7 Å². The van der Waals surface area contributed by atoms with Gasteiger partial charge in [0.25, 0.3) is 0 Å². The molecule has 2 N–H and O–H groups in total. The van der Waals surface area contributed by atoms with Crippen LogP contribution in [0.25, 0.3) is 6.08 Å². The third-order valence-corrected chi connectivity index (χ3v) is 1.44. The van der Waals surface area contributed by atoms with Crippen LogP contribution in [0.2, 0.25) is 0 Å². The highest BCUT2D eigenvalue weighted by Crippen LogP contribution is 2.15. The van der Waals surface area contributed by atoms with Gasteiger partial charge in [0.05, 0.1) is 6.61 Å². The van der Waals surface area contributed by atoms with Gasteiger partial charge in [0, 0.05) is 11.6 Å². The second-order valence-corrected chi connectivity index (χ2v) is 2.26. The Kier molecular flexibility index (Phi) is 2.69. The molecular weight excluding hydrogens is 152 g/mol. The molecular formula is C9H12N2O. The van der Waals surface area contributed by atoms with Crippen molar-refractivity contribution in [2.24, 2.45) is 0 Å². The van der Waals surface area contributed by atoms with E-state index >= 15 is 0 Å². The summed E-state index contributed by atoms with van der Waals surface area (Å²) in [5.74, 6) is 1.01. The minimum atomic E-state index is 0.455. The second-order valence-electron chi connectivity index (χ2n) is 2.26. The summed E-state index contributed by atoms with van der Waals surface area (Å²) >= 11 is 0. The molecule has 1 aromatic rings. The van der Waals surface area contributed by atoms with Crippen LogP contribution in [0.5, 0.6) is 5.88 Å². The maximum Gasteiger partial charge on any atom is 0.215 e. The van der Waals surface area contributed by atoms with Crippen LogP contribution >= 0.6 is 0 Å². The summed E-state index contributed by atoms with van der Waals surface area (Å²) in [7, 11) is 0. The molecule has 0 aromatic carbocycles. The first-order valence-corrected chi connectivity index (χ1v) is 3.79. The van der Waals surface area contributed by atoms with Crippen molar-refractivity contribution in [2.75, 3.05) is 12.3 Å². The number of hydrogen-bond donors (Lipinski definition) is 1. The molecule has 0 unspecified atom stereocenters. The van der Waals surface area contributed by atoms with Crippen molar-refractivity contribution < 1.29 is 4.74 Å². The van der Waals surface area contributed by atoms with E-state index in [1.807, 2.05) is 13.0 Å². The van der Waals surface area contributed by atoms with Crippen molar-refractivity contribution in [3.63, 3.8) is 0 Å². The number of anilines is 1. The molecule has 3 heteroatoms. The maximum absolute atomic E-state index is 5.60. The van der Waals surface area contributed by atoms with Crippen molar-refractivity contribution in [2.45, 2.75) is 6.92 Å². The number of nitrogen functional groups attached to an aromatic ring is 1. The van der Waals surface area contributed by atoms with Crippen LogP contribution in [0.1, 0.15) is 12.5 Å². The van der Waals surface area contributed by atoms with Crippen molar-refractivity contribution in [1.29, 1.82) is 0 Å². The van der Waals surface area contributed by atoms with Crippen molar-refractivity contribution in [3.05, 3.63) is 24.3 Å². The van der Waals surface area contributed by atoms with Gasteiger partial charge in [-0.2, -0.15) is 4.98 Å². The Morgan fingerprint density at radius 3 is 2.92 bits per heavy atom. The Bertz CT molecular complexity index is 284. The van der Waals surface area contributed by atoms with Crippen LogP contribution in [-0.4, -0.2) is 11.6 Å². The van der Waals surface area contributed by atoms with Gasteiger partial charge < -0.3 is 10.5 Å². The fourth-order valence-corrected chi connectivity index (χ4v) is 0.868. The van der Waals surface area contributed by atoms with E-state index in [2.05, 4.69) is 11.6 Å². The zero-order valence-electron chi connectivity index (χ0n) is 7.08. The van der Waals surface area contributed by atoms with Crippen molar-refractivity contribution in [1.82, 2.24) is 4.98 Å². The number of ether oxygens (including phenoxy) is 1. The molecule has 0 bridgehead atoms. The normalized spacial score (nSPS) is 9.42.